The van der Waals surface area contributed by atoms with E-state index < -0.39 is 21.8 Å². The number of hydrogen-bond acceptors (Lipinski definition) is 6. The van der Waals surface area contributed by atoms with E-state index in [0.29, 0.717) is 35.8 Å². The van der Waals surface area contributed by atoms with Crippen LogP contribution in [0.5, 0.6) is 0 Å². The van der Waals surface area contributed by atoms with Gasteiger partial charge in [-0.3, -0.25) is 4.79 Å². The molecule has 0 spiro atoms. The van der Waals surface area contributed by atoms with Crippen LogP contribution in [0, 0.1) is 11.7 Å². The Labute approximate surface area is 196 Å². The van der Waals surface area contributed by atoms with Crippen molar-refractivity contribution in [3.05, 3.63) is 65.3 Å². The minimum Gasteiger partial charge on any atom is -0.337 e. The molecular weight excluding hydrogens is 471 g/mol. The van der Waals surface area contributed by atoms with Crippen LogP contribution in [0.25, 0.3) is 11.4 Å². The van der Waals surface area contributed by atoms with E-state index in [1.54, 1.807) is 31.3 Å². The number of halogens is 2. The number of benzene rings is 2. The summed E-state index contributed by atoms with van der Waals surface area (Å²) in [7, 11) is -2.21. The van der Waals surface area contributed by atoms with E-state index in [1.165, 1.54) is 21.3 Å². The summed E-state index contributed by atoms with van der Waals surface area (Å²) in [5, 5.41) is 4.48. The van der Waals surface area contributed by atoms with Crippen LogP contribution in [0.15, 0.2) is 57.9 Å². The van der Waals surface area contributed by atoms with Crippen molar-refractivity contribution in [2.75, 3.05) is 20.1 Å². The first-order valence-corrected chi connectivity index (χ1v) is 12.1. The van der Waals surface area contributed by atoms with Gasteiger partial charge in [0.15, 0.2) is 0 Å². The lowest BCUT2D eigenvalue weighted by Gasteiger charge is -2.33. The van der Waals surface area contributed by atoms with Crippen LogP contribution in [0.1, 0.15) is 18.7 Å². The number of piperidine rings is 1. The molecule has 0 unspecified atom stereocenters. The van der Waals surface area contributed by atoms with E-state index in [0.717, 1.165) is 12.1 Å². The van der Waals surface area contributed by atoms with Crippen molar-refractivity contribution in [3.8, 4) is 11.4 Å². The van der Waals surface area contributed by atoms with Crippen molar-refractivity contribution in [1.82, 2.24) is 19.3 Å². The number of sulfonamides is 1. The molecule has 1 atom stereocenters. The highest BCUT2D eigenvalue weighted by Gasteiger charge is 2.34. The molecule has 4 rings (SSSR count). The zero-order valence-corrected chi connectivity index (χ0v) is 19.4. The molecule has 1 amide bonds. The van der Waals surface area contributed by atoms with Crippen molar-refractivity contribution >= 4 is 27.5 Å². The highest BCUT2D eigenvalue weighted by atomic mass is 35.5. The third-order valence-corrected chi connectivity index (χ3v) is 7.60. The van der Waals surface area contributed by atoms with Crippen LogP contribution in [-0.2, 0) is 21.4 Å². The monoisotopic (exact) mass is 492 g/mol. The first-order valence-electron chi connectivity index (χ1n) is 10.3. The van der Waals surface area contributed by atoms with Gasteiger partial charge in [0.1, 0.15) is 5.82 Å². The quantitative estimate of drug-likeness (QED) is 0.521. The third kappa shape index (κ3) is 5.23. The molecule has 11 heteroatoms. The SMILES string of the molecule is CN(Cc1nc(-c2cccc(Cl)c2)no1)C(=O)[C@H]1CCCN(S(=O)(=O)c2ccc(F)cc2)C1. The number of rotatable bonds is 6. The van der Waals surface area contributed by atoms with Gasteiger partial charge in [0.25, 0.3) is 0 Å². The summed E-state index contributed by atoms with van der Waals surface area (Å²) < 4.78 is 45.6. The second kappa shape index (κ2) is 9.58. The predicted molar refractivity (Wildman–Crippen MR) is 119 cm³/mol. The molecule has 174 valence electrons. The Balaban J connectivity index is 1.42. The largest absolute Gasteiger partial charge is 0.337 e. The second-order valence-corrected chi connectivity index (χ2v) is 10.2. The molecule has 1 aliphatic heterocycles. The lowest BCUT2D eigenvalue weighted by Crippen LogP contribution is -2.45. The number of carbonyl (C=O) groups excluding carboxylic acids is 1. The Bertz CT molecular complexity index is 1250. The molecule has 0 N–H and O–H groups in total. The van der Waals surface area contributed by atoms with Crippen molar-refractivity contribution in [3.63, 3.8) is 0 Å². The van der Waals surface area contributed by atoms with Gasteiger partial charge in [0.05, 0.1) is 17.4 Å². The molecule has 2 aromatic carbocycles. The summed E-state index contributed by atoms with van der Waals surface area (Å²) in [4.78, 5) is 18.8. The van der Waals surface area contributed by atoms with Gasteiger partial charge in [-0.2, -0.15) is 9.29 Å². The molecule has 8 nitrogen and oxygen atoms in total. The minimum absolute atomic E-state index is 0.00441. The van der Waals surface area contributed by atoms with Gasteiger partial charge in [-0.25, -0.2) is 12.8 Å². The minimum atomic E-state index is -3.82. The fraction of sp³-hybridized carbons (Fsp3) is 0.318. The van der Waals surface area contributed by atoms with Gasteiger partial charge >= 0.3 is 0 Å². The maximum Gasteiger partial charge on any atom is 0.246 e. The Morgan fingerprint density at radius 2 is 2.03 bits per heavy atom. The van der Waals surface area contributed by atoms with E-state index in [2.05, 4.69) is 10.1 Å². The summed E-state index contributed by atoms with van der Waals surface area (Å²) in [6, 6.07) is 11.7. The highest BCUT2D eigenvalue weighted by molar-refractivity contribution is 7.89. The molecule has 33 heavy (non-hydrogen) atoms. The van der Waals surface area contributed by atoms with Crippen molar-refractivity contribution < 1.29 is 22.1 Å². The average Bonchev–Trinajstić information content (AvgIpc) is 3.27. The molecule has 1 aromatic heterocycles. The molecular formula is C22H22ClFN4O4S. The van der Waals surface area contributed by atoms with Crippen LogP contribution in [0.3, 0.4) is 0 Å². The van der Waals surface area contributed by atoms with Gasteiger partial charge in [-0.05, 0) is 49.2 Å². The normalized spacial score (nSPS) is 17.1. The zero-order valence-electron chi connectivity index (χ0n) is 17.8. The van der Waals surface area contributed by atoms with Crippen molar-refractivity contribution in [2.24, 2.45) is 5.92 Å². The standard InChI is InChI=1S/C22H22ClFN4O4S/c1-27(14-20-25-21(26-32-20)15-4-2-6-17(23)12-15)22(29)16-5-3-11-28(13-16)33(30,31)19-9-7-18(24)8-10-19/h2,4,6-10,12,16H,3,5,11,13-14H2,1H3/t16-/m0/s1. The van der Waals surface area contributed by atoms with Crippen LogP contribution in [0.2, 0.25) is 5.02 Å². The molecule has 0 aliphatic carbocycles. The summed E-state index contributed by atoms with van der Waals surface area (Å²) in [5.74, 6) is -0.609. The van der Waals surface area contributed by atoms with E-state index in [9.17, 15) is 17.6 Å². The molecule has 1 saturated heterocycles. The van der Waals surface area contributed by atoms with Gasteiger partial charge in [-0.15, -0.1) is 0 Å². The van der Waals surface area contributed by atoms with Gasteiger partial charge in [0, 0.05) is 30.7 Å². The van der Waals surface area contributed by atoms with Crippen LogP contribution in [0.4, 0.5) is 4.39 Å². The summed E-state index contributed by atoms with van der Waals surface area (Å²) in [5.41, 5.74) is 0.695. The number of carbonyl (C=O) groups is 1. The third-order valence-electron chi connectivity index (χ3n) is 5.48. The number of aromatic nitrogens is 2. The van der Waals surface area contributed by atoms with Gasteiger partial charge in [0.2, 0.25) is 27.6 Å². The zero-order chi connectivity index (χ0) is 23.6. The fourth-order valence-corrected chi connectivity index (χ4v) is 5.49. The van der Waals surface area contributed by atoms with Crippen molar-refractivity contribution in [1.29, 1.82) is 0 Å². The lowest BCUT2D eigenvalue weighted by atomic mass is 9.98. The predicted octanol–water partition coefficient (Wildman–Crippen LogP) is 3.59. The van der Waals surface area contributed by atoms with E-state index in [4.69, 9.17) is 16.1 Å². The number of hydrogen-bond donors (Lipinski definition) is 0. The topological polar surface area (TPSA) is 96.6 Å². The van der Waals surface area contributed by atoms with Crippen LogP contribution in [-0.4, -0.2) is 53.8 Å². The van der Waals surface area contributed by atoms with Gasteiger partial charge < -0.3 is 9.42 Å². The molecule has 0 bridgehead atoms. The molecule has 0 saturated carbocycles. The Morgan fingerprint density at radius 3 is 2.76 bits per heavy atom. The maximum atomic E-state index is 13.2. The summed E-state index contributed by atoms with van der Waals surface area (Å²) >= 11 is 6.00. The Morgan fingerprint density at radius 1 is 1.27 bits per heavy atom. The Kier molecular flexibility index (Phi) is 6.78. The van der Waals surface area contributed by atoms with Crippen LogP contribution < -0.4 is 0 Å². The highest BCUT2D eigenvalue weighted by Crippen LogP contribution is 2.26. The molecule has 3 aromatic rings. The van der Waals surface area contributed by atoms with Gasteiger partial charge in [-0.1, -0.05) is 28.9 Å². The number of amides is 1. The number of nitrogens with zero attached hydrogens (tertiary/aromatic N) is 4. The molecule has 1 fully saturated rings. The smallest absolute Gasteiger partial charge is 0.246 e. The first-order chi connectivity index (χ1) is 15.7. The van der Waals surface area contributed by atoms with E-state index >= 15 is 0 Å². The summed E-state index contributed by atoms with van der Waals surface area (Å²) in [6.45, 7) is 0.452. The molecule has 0 radical (unpaired) electrons. The van der Waals surface area contributed by atoms with E-state index in [1.807, 2.05) is 0 Å². The van der Waals surface area contributed by atoms with E-state index in [-0.39, 0.29) is 29.8 Å². The first kappa shape index (κ1) is 23.3. The maximum absolute atomic E-state index is 13.2. The average molecular weight is 493 g/mol. The Hall–Kier alpha value is -2.82. The second-order valence-electron chi connectivity index (χ2n) is 7.87. The summed E-state index contributed by atoms with van der Waals surface area (Å²) in [6.07, 6.45) is 1.11. The van der Waals surface area contributed by atoms with Crippen LogP contribution >= 0.6 is 11.6 Å². The van der Waals surface area contributed by atoms with Crippen molar-refractivity contribution in [2.45, 2.75) is 24.3 Å². The lowest BCUT2D eigenvalue weighted by molar-refractivity contribution is -0.136. The molecule has 1 aliphatic rings. The molecule has 2 heterocycles. The fourth-order valence-electron chi connectivity index (χ4n) is 3.77.